The van der Waals surface area contributed by atoms with Crippen LogP contribution in [0.1, 0.15) is 45.6 Å². The molecular formula is C17H18N4OS. The number of amides is 1. The number of aryl methyl sites for hydroxylation is 2. The molecule has 0 saturated heterocycles. The first-order valence-electron chi connectivity index (χ1n) is 7.80. The van der Waals surface area contributed by atoms with E-state index in [0.717, 1.165) is 10.7 Å². The van der Waals surface area contributed by atoms with Gasteiger partial charge in [0.25, 0.3) is 5.91 Å². The van der Waals surface area contributed by atoms with Gasteiger partial charge in [-0.05, 0) is 38.2 Å². The molecule has 1 N–H and O–H groups in total. The van der Waals surface area contributed by atoms with Gasteiger partial charge in [-0.25, -0.2) is 9.50 Å². The maximum atomic E-state index is 12.6. The minimum Gasteiger partial charge on any atom is -0.343 e. The zero-order chi connectivity index (χ0) is 16.0. The molecule has 1 fully saturated rings. The maximum absolute atomic E-state index is 12.6. The minimum atomic E-state index is -0.101. The van der Waals surface area contributed by atoms with Gasteiger partial charge in [-0.2, -0.15) is 0 Å². The smallest absolute Gasteiger partial charge is 0.282 e. The number of fused-ring (bicyclic) bond motifs is 1. The first-order chi connectivity index (χ1) is 11.1. The fourth-order valence-electron chi connectivity index (χ4n) is 2.79. The summed E-state index contributed by atoms with van der Waals surface area (Å²) in [4.78, 5) is 17.7. The molecule has 0 spiro atoms. The van der Waals surface area contributed by atoms with Crippen LogP contribution >= 0.6 is 11.3 Å². The number of carbonyl (C=O) groups excluding carboxylic acids is 1. The SMILES string of the molecule is Cc1ccc(C(NC(=O)c2nn3c(C)ncc3s2)C2CC2)cc1. The molecule has 6 heteroatoms. The highest BCUT2D eigenvalue weighted by atomic mass is 32.1. The molecule has 4 rings (SSSR count). The summed E-state index contributed by atoms with van der Waals surface area (Å²) < 4.78 is 1.72. The predicted octanol–water partition coefficient (Wildman–Crippen LogP) is 3.29. The molecule has 1 saturated carbocycles. The number of nitrogens with zero attached hydrogens (tertiary/aromatic N) is 3. The van der Waals surface area contributed by atoms with Gasteiger partial charge in [0.05, 0.1) is 12.2 Å². The quantitative estimate of drug-likeness (QED) is 0.800. The Morgan fingerprint density at radius 2 is 2.04 bits per heavy atom. The highest BCUT2D eigenvalue weighted by Gasteiger charge is 2.34. The monoisotopic (exact) mass is 326 g/mol. The lowest BCUT2D eigenvalue weighted by molar-refractivity contribution is 0.0930. The van der Waals surface area contributed by atoms with Crippen molar-refractivity contribution in [2.45, 2.75) is 32.7 Å². The molecule has 5 nitrogen and oxygen atoms in total. The molecule has 1 amide bonds. The van der Waals surface area contributed by atoms with Crippen molar-refractivity contribution in [3.05, 3.63) is 52.4 Å². The van der Waals surface area contributed by atoms with Crippen molar-refractivity contribution in [3.8, 4) is 0 Å². The second-order valence-electron chi connectivity index (χ2n) is 6.16. The Kier molecular flexibility index (Phi) is 3.41. The Hall–Kier alpha value is -2.21. The number of carbonyl (C=O) groups is 1. The van der Waals surface area contributed by atoms with Crippen molar-refractivity contribution in [1.82, 2.24) is 19.9 Å². The van der Waals surface area contributed by atoms with Crippen LogP contribution < -0.4 is 5.32 Å². The van der Waals surface area contributed by atoms with E-state index >= 15 is 0 Å². The van der Waals surface area contributed by atoms with E-state index in [1.54, 1.807) is 10.7 Å². The lowest BCUT2D eigenvalue weighted by Gasteiger charge is -2.18. The molecule has 0 bridgehead atoms. The molecule has 1 atom stereocenters. The second-order valence-corrected chi connectivity index (χ2v) is 7.17. The number of rotatable bonds is 4. The van der Waals surface area contributed by atoms with E-state index in [1.807, 2.05) is 6.92 Å². The van der Waals surface area contributed by atoms with Crippen molar-refractivity contribution in [2.24, 2.45) is 5.92 Å². The van der Waals surface area contributed by atoms with Crippen LogP contribution in [-0.4, -0.2) is 20.5 Å². The van der Waals surface area contributed by atoms with E-state index in [-0.39, 0.29) is 11.9 Å². The summed E-state index contributed by atoms with van der Waals surface area (Å²) in [6, 6.07) is 8.49. The largest absolute Gasteiger partial charge is 0.343 e. The molecule has 0 radical (unpaired) electrons. The van der Waals surface area contributed by atoms with Crippen LogP contribution in [0.2, 0.25) is 0 Å². The first kappa shape index (κ1) is 14.4. The Morgan fingerprint density at radius 1 is 1.30 bits per heavy atom. The number of imidazole rings is 1. The summed E-state index contributed by atoms with van der Waals surface area (Å²) in [5.74, 6) is 1.24. The zero-order valence-corrected chi connectivity index (χ0v) is 13.9. The molecule has 2 heterocycles. The number of nitrogens with one attached hydrogen (secondary N) is 1. The molecule has 1 aliphatic carbocycles. The van der Waals surface area contributed by atoms with Crippen LogP contribution in [0.3, 0.4) is 0 Å². The molecule has 1 aromatic carbocycles. The van der Waals surface area contributed by atoms with Gasteiger partial charge in [-0.1, -0.05) is 41.2 Å². The van der Waals surface area contributed by atoms with E-state index in [1.165, 1.54) is 35.3 Å². The third kappa shape index (κ3) is 2.74. The molecule has 23 heavy (non-hydrogen) atoms. The van der Waals surface area contributed by atoms with Crippen molar-refractivity contribution in [3.63, 3.8) is 0 Å². The second kappa shape index (κ2) is 5.45. The Balaban J connectivity index is 1.58. The average molecular weight is 326 g/mol. The fraction of sp³-hybridized carbons (Fsp3) is 0.353. The average Bonchev–Trinajstić information content (AvgIpc) is 3.20. The summed E-state index contributed by atoms with van der Waals surface area (Å²) in [6.45, 7) is 3.96. The summed E-state index contributed by atoms with van der Waals surface area (Å²) in [7, 11) is 0. The minimum absolute atomic E-state index is 0.0746. The van der Waals surface area contributed by atoms with Gasteiger partial charge < -0.3 is 5.32 Å². The topological polar surface area (TPSA) is 59.3 Å². The maximum Gasteiger partial charge on any atom is 0.282 e. The zero-order valence-electron chi connectivity index (χ0n) is 13.1. The number of aromatic nitrogens is 3. The van der Waals surface area contributed by atoms with Gasteiger partial charge in [0.2, 0.25) is 5.01 Å². The van der Waals surface area contributed by atoms with Gasteiger partial charge in [-0.15, -0.1) is 5.10 Å². The molecule has 1 unspecified atom stereocenters. The van der Waals surface area contributed by atoms with Gasteiger partial charge in [-0.3, -0.25) is 4.79 Å². The van der Waals surface area contributed by atoms with Crippen molar-refractivity contribution >= 4 is 22.1 Å². The predicted molar refractivity (Wildman–Crippen MR) is 89.7 cm³/mol. The van der Waals surface area contributed by atoms with Crippen molar-refractivity contribution in [2.75, 3.05) is 0 Å². The van der Waals surface area contributed by atoms with E-state index in [4.69, 9.17) is 0 Å². The molecule has 1 aliphatic rings. The summed E-state index contributed by atoms with van der Waals surface area (Å²) in [5.41, 5.74) is 2.40. The fourth-order valence-corrected chi connectivity index (χ4v) is 3.63. The van der Waals surface area contributed by atoms with E-state index in [0.29, 0.717) is 10.9 Å². The van der Waals surface area contributed by atoms with Gasteiger partial charge in [0.1, 0.15) is 10.7 Å². The summed E-state index contributed by atoms with van der Waals surface area (Å²) >= 11 is 1.38. The lowest BCUT2D eigenvalue weighted by Crippen LogP contribution is -2.30. The molecule has 3 aromatic rings. The molecular weight excluding hydrogens is 308 g/mol. The van der Waals surface area contributed by atoms with Crippen LogP contribution in [-0.2, 0) is 0 Å². The standard InChI is InChI=1S/C17H18N4OS/c1-10-3-5-12(6-4-10)15(13-7-8-13)19-16(22)17-20-21-11(2)18-9-14(21)23-17/h3-6,9,13,15H,7-8H2,1-2H3,(H,19,22). The van der Waals surface area contributed by atoms with Crippen LogP contribution in [0, 0.1) is 19.8 Å². The Bertz CT molecular complexity index is 860. The molecule has 0 aliphatic heterocycles. The Labute approximate surface area is 138 Å². The van der Waals surface area contributed by atoms with Crippen molar-refractivity contribution in [1.29, 1.82) is 0 Å². The first-order valence-corrected chi connectivity index (χ1v) is 8.62. The Morgan fingerprint density at radius 3 is 2.70 bits per heavy atom. The third-order valence-electron chi connectivity index (χ3n) is 4.28. The van der Waals surface area contributed by atoms with Crippen LogP contribution in [0.5, 0.6) is 0 Å². The molecule has 2 aromatic heterocycles. The number of hydrogen-bond acceptors (Lipinski definition) is 4. The number of benzene rings is 1. The highest BCUT2D eigenvalue weighted by Crippen LogP contribution is 2.41. The van der Waals surface area contributed by atoms with Crippen LogP contribution in [0.4, 0.5) is 0 Å². The van der Waals surface area contributed by atoms with Crippen molar-refractivity contribution < 1.29 is 4.79 Å². The lowest BCUT2D eigenvalue weighted by atomic mass is 10.0. The molecule has 118 valence electrons. The summed E-state index contributed by atoms with van der Waals surface area (Å²) in [6.07, 6.45) is 4.09. The number of hydrogen-bond donors (Lipinski definition) is 1. The van der Waals surface area contributed by atoms with Gasteiger partial charge in [0, 0.05) is 0 Å². The van der Waals surface area contributed by atoms with E-state index in [9.17, 15) is 4.79 Å². The van der Waals surface area contributed by atoms with Crippen LogP contribution in [0.15, 0.2) is 30.5 Å². The van der Waals surface area contributed by atoms with E-state index < -0.39 is 0 Å². The van der Waals surface area contributed by atoms with Gasteiger partial charge in [0.15, 0.2) is 0 Å². The van der Waals surface area contributed by atoms with Crippen LogP contribution in [0.25, 0.3) is 4.83 Å². The summed E-state index contributed by atoms with van der Waals surface area (Å²) in [5, 5.41) is 8.04. The highest BCUT2D eigenvalue weighted by molar-refractivity contribution is 7.18. The van der Waals surface area contributed by atoms with E-state index in [2.05, 4.69) is 46.6 Å². The normalized spacial score (nSPS) is 15.7. The third-order valence-corrected chi connectivity index (χ3v) is 5.23. The van der Waals surface area contributed by atoms with Gasteiger partial charge >= 0.3 is 0 Å².